The van der Waals surface area contributed by atoms with Crippen molar-refractivity contribution in [2.45, 2.75) is 31.7 Å². The van der Waals surface area contributed by atoms with Crippen LogP contribution in [0, 0.1) is 23.6 Å². The van der Waals surface area contributed by atoms with Gasteiger partial charge in [0, 0.05) is 23.4 Å². The molecule has 0 saturated heterocycles. The standard InChI is InChI=1S/C15H17ClFNO/c16-11-3-4-12(17)10(6-11)7-13(19)14-8-1-2-9(5-8)15(14)18/h3-4,6,8-9,14-15H,1-2,5,7,18H2. The Morgan fingerprint density at radius 3 is 2.79 bits per heavy atom. The molecule has 1 aromatic rings. The molecule has 2 saturated carbocycles. The number of ketones is 1. The number of halogens is 2. The zero-order chi connectivity index (χ0) is 13.6. The third kappa shape index (κ3) is 2.30. The number of Topliss-reactive ketones (excluding diaryl/α,β-unsaturated/α-hetero) is 1. The van der Waals surface area contributed by atoms with Gasteiger partial charge >= 0.3 is 0 Å². The fourth-order valence-electron chi connectivity index (χ4n) is 3.80. The average Bonchev–Trinajstić information content (AvgIpc) is 2.94. The van der Waals surface area contributed by atoms with Crippen molar-refractivity contribution < 1.29 is 9.18 Å². The third-order valence-corrected chi connectivity index (χ3v) is 4.96. The molecule has 2 nitrogen and oxygen atoms in total. The number of carbonyl (C=O) groups is 1. The molecule has 4 heteroatoms. The summed E-state index contributed by atoms with van der Waals surface area (Å²) in [6.07, 6.45) is 3.40. The van der Waals surface area contributed by atoms with Crippen molar-refractivity contribution in [1.29, 1.82) is 0 Å². The van der Waals surface area contributed by atoms with Crippen LogP contribution in [0.25, 0.3) is 0 Å². The molecule has 0 heterocycles. The van der Waals surface area contributed by atoms with Crippen LogP contribution in [0.15, 0.2) is 18.2 Å². The highest BCUT2D eigenvalue weighted by atomic mass is 35.5. The first-order valence-electron chi connectivity index (χ1n) is 6.78. The van der Waals surface area contributed by atoms with Crippen LogP contribution in [0.4, 0.5) is 4.39 Å². The van der Waals surface area contributed by atoms with Gasteiger partial charge in [0.2, 0.25) is 0 Å². The molecule has 1 aromatic carbocycles. The molecule has 4 atom stereocenters. The normalized spacial score (nSPS) is 32.8. The van der Waals surface area contributed by atoms with E-state index in [0.717, 1.165) is 19.3 Å². The highest BCUT2D eigenvalue weighted by Gasteiger charge is 2.48. The second-order valence-electron chi connectivity index (χ2n) is 5.82. The molecule has 19 heavy (non-hydrogen) atoms. The Morgan fingerprint density at radius 1 is 1.37 bits per heavy atom. The number of hydrogen-bond donors (Lipinski definition) is 1. The summed E-state index contributed by atoms with van der Waals surface area (Å²) >= 11 is 5.85. The van der Waals surface area contributed by atoms with Gasteiger partial charge in [-0.15, -0.1) is 0 Å². The Labute approximate surface area is 117 Å². The summed E-state index contributed by atoms with van der Waals surface area (Å²) in [4.78, 5) is 12.4. The first-order valence-corrected chi connectivity index (χ1v) is 7.16. The summed E-state index contributed by atoms with van der Waals surface area (Å²) in [6, 6.07) is 4.31. The second-order valence-corrected chi connectivity index (χ2v) is 6.25. The average molecular weight is 282 g/mol. The first kappa shape index (κ1) is 13.1. The number of fused-ring (bicyclic) bond motifs is 2. The van der Waals surface area contributed by atoms with Crippen LogP contribution in [0.2, 0.25) is 5.02 Å². The van der Waals surface area contributed by atoms with Crippen molar-refractivity contribution in [3.63, 3.8) is 0 Å². The molecule has 0 radical (unpaired) electrons. The monoisotopic (exact) mass is 281 g/mol. The molecule has 0 spiro atoms. The zero-order valence-electron chi connectivity index (χ0n) is 10.6. The van der Waals surface area contributed by atoms with Crippen molar-refractivity contribution in [1.82, 2.24) is 0 Å². The molecule has 2 fully saturated rings. The van der Waals surface area contributed by atoms with E-state index in [-0.39, 0.29) is 30.0 Å². The maximum atomic E-state index is 13.7. The van der Waals surface area contributed by atoms with Crippen molar-refractivity contribution in [3.8, 4) is 0 Å². The van der Waals surface area contributed by atoms with Gasteiger partial charge in [-0.2, -0.15) is 0 Å². The van der Waals surface area contributed by atoms with Crippen LogP contribution in [0.1, 0.15) is 24.8 Å². The van der Waals surface area contributed by atoms with E-state index in [9.17, 15) is 9.18 Å². The summed E-state index contributed by atoms with van der Waals surface area (Å²) in [5, 5.41) is 0.460. The van der Waals surface area contributed by atoms with Crippen LogP contribution in [-0.4, -0.2) is 11.8 Å². The van der Waals surface area contributed by atoms with Crippen LogP contribution < -0.4 is 5.73 Å². The Morgan fingerprint density at radius 2 is 2.11 bits per heavy atom. The van der Waals surface area contributed by atoms with Gasteiger partial charge in [0.15, 0.2) is 0 Å². The number of benzene rings is 1. The lowest BCUT2D eigenvalue weighted by Gasteiger charge is -2.26. The van der Waals surface area contributed by atoms with E-state index in [1.165, 1.54) is 18.2 Å². The molecule has 2 bridgehead atoms. The van der Waals surface area contributed by atoms with Crippen LogP contribution in [-0.2, 0) is 11.2 Å². The molecule has 4 unspecified atom stereocenters. The Bertz CT molecular complexity index is 517. The molecule has 2 aliphatic carbocycles. The summed E-state index contributed by atoms with van der Waals surface area (Å²) in [5.74, 6) is 0.519. The third-order valence-electron chi connectivity index (χ3n) is 4.72. The molecule has 0 amide bonds. The number of carbonyl (C=O) groups excluding carboxylic acids is 1. The summed E-state index contributed by atoms with van der Waals surface area (Å²) < 4.78 is 13.7. The molecule has 2 aliphatic rings. The molecule has 0 aromatic heterocycles. The minimum absolute atomic E-state index is 0.0338. The van der Waals surface area contributed by atoms with Gasteiger partial charge < -0.3 is 5.73 Å². The van der Waals surface area contributed by atoms with Gasteiger partial charge in [-0.25, -0.2) is 4.39 Å². The summed E-state index contributed by atoms with van der Waals surface area (Å²) in [6.45, 7) is 0. The Kier molecular flexibility index (Phi) is 3.35. The molecular formula is C15H17ClFNO. The van der Waals surface area contributed by atoms with Gasteiger partial charge in [-0.05, 0) is 54.9 Å². The van der Waals surface area contributed by atoms with Gasteiger partial charge in [-0.3, -0.25) is 4.79 Å². The van der Waals surface area contributed by atoms with Crippen molar-refractivity contribution in [3.05, 3.63) is 34.6 Å². The lowest BCUT2D eigenvalue weighted by Crippen LogP contribution is -2.40. The maximum absolute atomic E-state index is 13.7. The zero-order valence-corrected chi connectivity index (χ0v) is 11.4. The largest absolute Gasteiger partial charge is 0.327 e. The van der Waals surface area contributed by atoms with Gasteiger partial charge in [-0.1, -0.05) is 11.6 Å². The number of hydrogen-bond acceptors (Lipinski definition) is 2. The van der Waals surface area contributed by atoms with Crippen molar-refractivity contribution in [2.75, 3.05) is 0 Å². The van der Waals surface area contributed by atoms with E-state index in [1.807, 2.05) is 0 Å². The molecular weight excluding hydrogens is 265 g/mol. The van der Waals surface area contributed by atoms with Crippen LogP contribution in [0.5, 0.6) is 0 Å². The van der Waals surface area contributed by atoms with Gasteiger partial charge in [0.05, 0.1) is 0 Å². The highest BCUT2D eigenvalue weighted by molar-refractivity contribution is 6.30. The van der Waals surface area contributed by atoms with Crippen LogP contribution >= 0.6 is 11.6 Å². The van der Waals surface area contributed by atoms with Gasteiger partial charge in [0.1, 0.15) is 11.6 Å². The van der Waals surface area contributed by atoms with Crippen LogP contribution in [0.3, 0.4) is 0 Å². The van der Waals surface area contributed by atoms with E-state index in [4.69, 9.17) is 17.3 Å². The highest BCUT2D eigenvalue weighted by Crippen LogP contribution is 2.48. The predicted molar refractivity (Wildman–Crippen MR) is 72.4 cm³/mol. The summed E-state index contributed by atoms with van der Waals surface area (Å²) in [5.41, 5.74) is 6.53. The lowest BCUT2D eigenvalue weighted by atomic mass is 9.80. The molecule has 3 rings (SSSR count). The minimum Gasteiger partial charge on any atom is -0.327 e. The van der Waals surface area contributed by atoms with Crippen molar-refractivity contribution in [2.24, 2.45) is 23.5 Å². The Hall–Kier alpha value is -0.930. The van der Waals surface area contributed by atoms with E-state index >= 15 is 0 Å². The fourth-order valence-corrected chi connectivity index (χ4v) is 3.99. The second kappa shape index (κ2) is 4.88. The van der Waals surface area contributed by atoms with E-state index in [2.05, 4.69) is 0 Å². The molecule has 102 valence electrons. The lowest BCUT2D eigenvalue weighted by molar-refractivity contribution is -0.124. The van der Waals surface area contributed by atoms with E-state index in [0.29, 0.717) is 22.4 Å². The topological polar surface area (TPSA) is 43.1 Å². The quantitative estimate of drug-likeness (QED) is 0.926. The summed E-state index contributed by atoms with van der Waals surface area (Å²) in [7, 11) is 0. The molecule has 2 N–H and O–H groups in total. The first-order chi connectivity index (χ1) is 9.06. The number of nitrogens with two attached hydrogens (primary N) is 1. The van der Waals surface area contributed by atoms with Crippen molar-refractivity contribution >= 4 is 17.4 Å². The SMILES string of the molecule is NC1C2CCC(C2)C1C(=O)Cc1cc(Cl)ccc1F. The van der Waals surface area contributed by atoms with Gasteiger partial charge in [0.25, 0.3) is 0 Å². The maximum Gasteiger partial charge on any atom is 0.142 e. The number of rotatable bonds is 3. The Balaban J connectivity index is 1.77. The fraction of sp³-hybridized carbons (Fsp3) is 0.533. The minimum atomic E-state index is -0.366. The smallest absolute Gasteiger partial charge is 0.142 e. The van der Waals surface area contributed by atoms with E-state index < -0.39 is 0 Å². The van der Waals surface area contributed by atoms with E-state index in [1.54, 1.807) is 0 Å². The predicted octanol–water partition coefficient (Wildman–Crippen LogP) is 2.96. The molecule has 0 aliphatic heterocycles.